The van der Waals surface area contributed by atoms with E-state index >= 15 is 0 Å². The largest absolute Gasteiger partial charge is 0.352 e. The van der Waals surface area contributed by atoms with Crippen molar-refractivity contribution < 1.29 is 4.79 Å². The molecule has 0 aliphatic heterocycles. The monoisotopic (exact) mass is 447 g/mol. The average Bonchev–Trinajstić information content (AvgIpc) is 3.27. The first-order valence-electron chi connectivity index (χ1n) is 11.4. The van der Waals surface area contributed by atoms with E-state index in [1.54, 1.807) is 12.4 Å². The molecule has 0 aliphatic carbocycles. The van der Waals surface area contributed by atoms with Crippen LogP contribution in [0.5, 0.6) is 0 Å². The average molecular weight is 448 g/mol. The van der Waals surface area contributed by atoms with Crippen molar-refractivity contribution in [2.75, 3.05) is 6.54 Å². The molecule has 0 aliphatic rings. The molecule has 0 radical (unpaired) electrons. The van der Waals surface area contributed by atoms with Crippen molar-refractivity contribution in [1.29, 1.82) is 0 Å². The highest BCUT2D eigenvalue weighted by molar-refractivity contribution is 6.07. The summed E-state index contributed by atoms with van der Waals surface area (Å²) in [5.74, 6) is -0.0968. The Bertz CT molecular complexity index is 1430. The van der Waals surface area contributed by atoms with Crippen molar-refractivity contribution >= 4 is 16.8 Å². The first-order valence-corrected chi connectivity index (χ1v) is 11.4. The van der Waals surface area contributed by atoms with E-state index < -0.39 is 0 Å². The molecule has 0 spiro atoms. The molecule has 0 saturated heterocycles. The molecule has 1 N–H and O–H groups in total. The molecular weight excluding hydrogens is 422 g/mol. The van der Waals surface area contributed by atoms with Gasteiger partial charge in [-0.05, 0) is 61.7 Å². The van der Waals surface area contributed by atoms with Gasteiger partial charge in [0.1, 0.15) is 0 Å². The lowest BCUT2D eigenvalue weighted by molar-refractivity contribution is 0.0955. The summed E-state index contributed by atoms with van der Waals surface area (Å²) in [4.78, 5) is 22.1. The van der Waals surface area contributed by atoms with Gasteiger partial charge in [-0.25, -0.2) is 9.67 Å². The number of carbonyl (C=O) groups excluding carboxylic acids is 1. The maximum Gasteiger partial charge on any atom is 0.252 e. The van der Waals surface area contributed by atoms with E-state index in [-0.39, 0.29) is 5.91 Å². The number of pyridine rings is 2. The summed E-state index contributed by atoms with van der Waals surface area (Å²) in [6.45, 7) is 2.60. The predicted molar refractivity (Wildman–Crippen MR) is 134 cm³/mol. The Morgan fingerprint density at radius 2 is 1.82 bits per heavy atom. The van der Waals surface area contributed by atoms with Gasteiger partial charge in [-0.1, -0.05) is 36.4 Å². The van der Waals surface area contributed by atoms with E-state index in [1.165, 1.54) is 5.56 Å². The number of carbonyl (C=O) groups is 1. The topological polar surface area (TPSA) is 72.7 Å². The number of amides is 1. The number of hydrogen-bond donors (Lipinski definition) is 1. The van der Waals surface area contributed by atoms with Gasteiger partial charge in [0.2, 0.25) is 0 Å². The molecule has 5 rings (SSSR count). The second-order valence-electron chi connectivity index (χ2n) is 8.19. The third kappa shape index (κ3) is 4.57. The summed E-state index contributed by atoms with van der Waals surface area (Å²) < 4.78 is 1.91. The van der Waals surface area contributed by atoms with Crippen LogP contribution in [0.1, 0.15) is 28.0 Å². The number of aryl methyl sites for hydroxylation is 2. The Balaban J connectivity index is 1.28. The number of nitrogens with zero attached hydrogens (tertiary/aromatic N) is 4. The first kappa shape index (κ1) is 21.5. The zero-order chi connectivity index (χ0) is 23.3. The minimum Gasteiger partial charge on any atom is -0.352 e. The fraction of sp³-hybridized carbons (Fsp3) is 0.143. The maximum atomic E-state index is 13.1. The third-order valence-corrected chi connectivity index (χ3v) is 5.85. The fourth-order valence-electron chi connectivity index (χ4n) is 4.06. The van der Waals surface area contributed by atoms with Crippen LogP contribution in [0, 0.1) is 6.92 Å². The van der Waals surface area contributed by atoms with Crippen LogP contribution in [0.3, 0.4) is 0 Å². The van der Waals surface area contributed by atoms with E-state index in [1.807, 2.05) is 84.4 Å². The second-order valence-corrected chi connectivity index (χ2v) is 8.19. The maximum absolute atomic E-state index is 13.1. The second kappa shape index (κ2) is 9.67. The van der Waals surface area contributed by atoms with Gasteiger partial charge in [-0.2, -0.15) is 5.10 Å². The lowest BCUT2D eigenvalue weighted by atomic mass is 10.0. The van der Waals surface area contributed by atoms with Gasteiger partial charge in [0.25, 0.3) is 5.91 Å². The van der Waals surface area contributed by atoms with Crippen LogP contribution in [0.2, 0.25) is 0 Å². The summed E-state index contributed by atoms with van der Waals surface area (Å²) in [6, 6.07) is 23.5. The highest BCUT2D eigenvalue weighted by atomic mass is 16.1. The van der Waals surface area contributed by atoms with Crippen molar-refractivity contribution in [2.24, 2.45) is 0 Å². The molecule has 0 bridgehead atoms. The van der Waals surface area contributed by atoms with E-state index in [0.29, 0.717) is 12.1 Å². The molecule has 0 fully saturated rings. The van der Waals surface area contributed by atoms with Crippen LogP contribution < -0.4 is 5.32 Å². The van der Waals surface area contributed by atoms with E-state index in [9.17, 15) is 4.79 Å². The smallest absolute Gasteiger partial charge is 0.252 e. The number of benzene rings is 2. The molecule has 0 saturated carbocycles. The van der Waals surface area contributed by atoms with Gasteiger partial charge in [0, 0.05) is 36.1 Å². The number of fused-ring (bicyclic) bond motifs is 1. The summed E-state index contributed by atoms with van der Waals surface area (Å²) >= 11 is 0. The highest BCUT2D eigenvalue weighted by Crippen LogP contribution is 2.24. The van der Waals surface area contributed by atoms with Crippen LogP contribution in [-0.4, -0.2) is 32.2 Å². The zero-order valence-electron chi connectivity index (χ0n) is 19.0. The molecule has 1 amide bonds. The van der Waals surface area contributed by atoms with Crippen LogP contribution >= 0.6 is 0 Å². The third-order valence-electron chi connectivity index (χ3n) is 5.85. The quantitative estimate of drug-likeness (QED) is 0.350. The van der Waals surface area contributed by atoms with Crippen LogP contribution in [0.25, 0.3) is 27.8 Å². The Hall–Kier alpha value is -4.32. The molecular formula is C28H25N5O. The molecule has 2 aromatic carbocycles. The molecule has 0 atom stereocenters. The minimum absolute atomic E-state index is 0.0968. The Labute approximate surface area is 198 Å². The molecule has 3 heterocycles. The van der Waals surface area contributed by atoms with Gasteiger partial charge >= 0.3 is 0 Å². The van der Waals surface area contributed by atoms with E-state index in [2.05, 4.69) is 21.6 Å². The lowest BCUT2D eigenvalue weighted by Crippen LogP contribution is -2.25. The van der Waals surface area contributed by atoms with Crippen LogP contribution in [0.15, 0.2) is 91.4 Å². The van der Waals surface area contributed by atoms with Gasteiger partial charge in [-0.3, -0.25) is 9.78 Å². The van der Waals surface area contributed by atoms with Crippen LogP contribution in [-0.2, 0) is 6.42 Å². The molecule has 5 aromatic rings. The summed E-state index contributed by atoms with van der Waals surface area (Å²) in [7, 11) is 0. The van der Waals surface area contributed by atoms with E-state index in [4.69, 9.17) is 4.98 Å². The SMILES string of the molecule is Cc1nn(-c2ccccc2)cc1CCCNC(=O)c1cc(-c2cccnc2)nc2ccccc12. The van der Waals surface area contributed by atoms with Gasteiger partial charge < -0.3 is 5.32 Å². The Morgan fingerprint density at radius 1 is 1.00 bits per heavy atom. The fourth-order valence-corrected chi connectivity index (χ4v) is 4.06. The molecule has 34 heavy (non-hydrogen) atoms. The summed E-state index contributed by atoms with van der Waals surface area (Å²) in [5.41, 5.74) is 6.27. The lowest BCUT2D eigenvalue weighted by Gasteiger charge is -2.10. The molecule has 168 valence electrons. The zero-order valence-corrected chi connectivity index (χ0v) is 19.0. The number of para-hydroxylation sites is 2. The van der Waals surface area contributed by atoms with Gasteiger partial charge in [0.05, 0.1) is 28.2 Å². The van der Waals surface area contributed by atoms with Gasteiger partial charge in [-0.15, -0.1) is 0 Å². The van der Waals surface area contributed by atoms with Gasteiger partial charge in [0.15, 0.2) is 0 Å². The number of nitrogens with one attached hydrogen (secondary N) is 1. The minimum atomic E-state index is -0.0968. The summed E-state index contributed by atoms with van der Waals surface area (Å²) in [6.07, 6.45) is 7.23. The van der Waals surface area contributed by atoms with Crippen molar-refractivity contribution in [1.82, 2.24) is 25.1 Å². The number of aromatic nitrogens is 4. The van der Waals surface area contributed by atoms with Crippen molar-refractivity contribution in [3.63, 3.8) is 0 Å². The predicted octanol–water partition coefficient (Wildman–Crippen LogP) is 5.15. The normalized spacial score (nSPS) is 11.0. The van der Waals surface area contributed by atoms with Crippen molar-refractivity contribution in [3.8, 4) is 16.9 Å². The molecule has 0 unspecified atom stereocenters. The van der Waals surface area contributed by atoms with Crippen LogP contribution in [0.4, 0.5) is 0 Å². The Kier molecular flexibility index (Phi) is 6.12. The standard InChI is InChI=1S/C28H25N5O/c1-20-22(19-33(32-20)23-11-3-2-4-12-23)10-8-16-30-28(34)25-17-27(21-9-7-15-29-18-21)31-26-14-6-5-13-24(25)26/h2-7,9,11-15,17-19H,8,10,16H2,1H3,(H,30,34). The molecule has 6 nitrogen and oxygen atoms in total. The number of hydrogen-bond acceptors (Lipinski definition) is 4. The Morgan fingerprint density at radius 3 is 2.65 bits per heavy atom. The molecule has 6 heteroatoms. The highest BCUT2D eigenvalue weighted by Gasteiger charge is 2.14. The van der Waals surface area contributed by atoms with Crippen molar-refractivity contribution in [2.45, 2.75) is 19.8 Å². The summed E-state index contributed by atoms with van der Waals surface area (Å²) in [5, 5.41) is 8.56. The van der Waals surface area contributed by atoms with Crippen molar-refractivity contribution in [3.05, 3.63) is 108 Å². The number of rotatable bonds is 7. The van der Waals surface area contributed by atoms with E-state index in [0.717, 1.165) is 46.4 Å². The molecule has 3 aromatic heterocycles. The first-order chi connectivity index (χ1) is 16.7.